The molecule has 0 atom stereocenters. The van der Waals surface area contributed by atoms with Crippen molar-refractivity contribution in [2.75, 3.05) is 13.2 Å². The van der Waals surface area contributed by atoms with Gasteiger partial charge in [-0.2, -0.15) is 5.10 Å². The summed E-state index contributed by atoms with van der Waals surface area (Å²) in [7, 11) is 0. The Hall–Kier alpha value is -3.87. The summed E-state index contributed by atoms with van der Waals surface area (Å²) in [5.74, 6) is -1.40. The Morgan fingerprint density at radius 1 is 1.09 bits per heavy atom. The van der Waals surface area contributed by atoms with Gasteiger partial charge < -0.3 is 15.2 Å². The normalized spacial score (nSPS) is 14.5. The maximum Gasteiger partial charge on any atom is 0.325 e. The molecule has 33 heavy (non-hydrogen) atoms. The Labute approximate surface area is 194 Å². The van der Waals surface area contributed by atoms with Gasteiger partial charge in [-0.3, -0.25) is 9.59 Å². The molecule has 7 heteroatoms. The summed E-state index contributed by atoms with van der Waals surface area (Å²) in [5.41, 5.74) is 5.15. The van der Waals surface area contributed by atoms with Crippen LogP contribution >= 0.6 is 0 Å². The van der Waals surface area contributed by atoms with Crippen LogP contribution in [0.1, 0.15) is 44.4 Å². The van der Waals surface area contributed by atoms with Crippen molar-refractivity contribution in [1.29, 1.82) is 0 Å². The van der Waals surface area contributed by atoms with Crippen LogP contribution in [0.3, 0.4) is 0 Å². The summed E-state index contributed by atoms with van der Waals surface area (Å²) in [5, 5.41) is 19.3. The van der Waals surface area contributed by atoms with Gasteiger partial charge >= 0.3 is 5.97 Å². The van der Waals surface area contributed by atoms with Crippen LogP contribution in [0.5, 0.6) is 0 Å². The average molecular weight is 448 g/mol. The Balaban J connectivity index is 2.08. The van der Waals surface area contributed by atoms with Crippen molar-refractivity contribution >= 4 is 29.5 Å². The highest BCUT2D eigenvalue weighted by molar-refractivity contribution is 6.05. The molecule has 0 saturated carbocycles. The molecule has 0 spiro atoms. The van der Waals surface area contributed by atoms with E-state index in [4.69, 9.17) is 4.74 Å². The second-order valence-electron chi connectivity index (χ2n) is 7.36. The molecule has 2 aromatic rings. The lowest BCUT2D eigenvalue weighted by molar-refractivity contribution is -0.143. The number of rotatable bonds is 7. The van der Waals surface area contributed by atoms with Crippen LogP contribution < -0.4 is 5.32 Å². The van der Waals surface area contributed by atoms with E-state index in [0.29, 0.717) is 11.3 Å². The number of nitrogens with zero attached hydrogens (tertiary/aromatic N) is 2. The van der Waals surface area contributed by atoms with E-state index < -0.39 is 11.9 Å². The molecule has 3 rings (SSSR count). The van der Waals surface area contributed by atoms with Crippen LogP contribution in [-0.4, -0.2) is 41.4 Å². The lowest BCUT2D eigenvalue weighted by Crippen LogP contribution is -2.38. The van der Waals surface area contributed by atoms with Gasteiger partial charge in [0.05, 0.1) is 12.3 Å². The summed E-state index contributed by atoms with van der Waals surface area (Å²) in [6.45, 7) is 7.28. The lowest BCUT2D eigenvalue weighted by atomic mass is 9.92. The van der Waals surface area contributed by atoms with Crippen molar-refractivity contribution in [1.82, 2.24) is 10.3 Å². The van der Waals surface area contributed by atoms with Gasteiger partial charge in [0.15, 0.2) is 11.5 Å². The minimum absolute atomic E-state index is 0.0567. The smallest absolute Gasteiger partial charge is 0.325 e. The molecule has 0 radical (unpaired) electrons. The number of hydrazone groups is 1. The van der Waals surface area contributed by atoms with Crippen molar-refractivity contribution in [3.05, 3.63) is 70.9 Å². The molecule has 0 bridgehead atoms. The Bertz CT molecular complexity index is 1150. The number of allylic oxidation sites excluding steroid dienone is 1. The van der Waals surface area contributed by atoms with Crippen LogP contribution in [-0.2, 0) is 20.7 Å². The van der Waals surface area contributed by atoms with Crippen molar-refractivity contribution in [2.24, 2.45) is 5.10 Å². The van der Waals surface area contributed by atoms with Crippen LogP contribution in [0, 0.1) is 0 Å². The average Bonchev–Trinajstić information content (AvgIpc) is 2.83. The largest absolute Gasteiger partial charge is 0.505 e. The van der Waals surface area contributed by atoms with Crippen LogP contribution in [0.25, 0.3) is 22.6 Å². The van der Waals surface area contributed by atoms with Crippen molar-refractivity contribution < 1.29 is 19.4 Å². The summed E-state index contributed by atoms with van der Waals surface area (Å²) in [6.07, 6.45) is 4.31. The van der Waals surface area contributed by atoms with Gasteiger partial charge in [0.2, 0.25) is 0 Å². The van der Waals surface area contributed by atoms with E-state index in [9.17, 15) is 14.7 Å². The molecule has 7 nitrogen and oxygen atoms in total. The highest BCUT2D eigenvalue weighted by Gasteiger charge is 2.33. The molecule has 1 aliphatic heterocycles. The van der Waals surface area contributed by atoms with Gasteiger partial charge in [-0.25, -0.2) is 5.01 Å². The first-order valence-electron chi connectivity index (χ1n) is 11.0. The molecule has 0 saturated heterocycles. The Morgan fingerprint density at radius 3 is 2.52 bits per heavy atom. The summed E-state index contributed by atoms with van der Waals surface area (Å²) in [6, 6.07) is 14.0. The van der Waals surface area contributed by atoms with Gasteiger partial charge in [0.1, 0.15) is 6.54 Å². The molecule has 0 unspecified atom stereocenters. The molecule has 1 heterocycles. The standard InChI is InChI=1S/C26H29N3O4/c1-5-17-10-9-11-18(14-17)19-12-13-20-21(15-19)22(6-2)29(28-7-3)24(25(20)31)26(32)27-16-23(30)33-8-4/h6-7,9-15,31H,5,8,16H2,1-4H3,(H,27,32)/b22-6?,28-7-. The van der Waals surface area contributed by atoms with Crippen LogP contribution in [0.15, 0.2) is 59.3 Å². The topological polar surface area (TPSA) is 91.2 Å². The number of esters is 1. The van der Waals surface area contributed by atoms with Gasteiger partial charge in [-0.1, -0.05) is 43.3 Å². The van der Waals surface area contributed by atoms with Crippen LogP contribution in [0.2, 0.25) is 0 Å². The molecule has 0 aliphatic carbocycles. The highest BCUT2D eigenvalue weighted by Crippen LogP contribution is 2.39. The Morgan fingerprint density at radius 2 is 1.85 bits per heavy atom. The predicted molar refractivity (Wildman–Crippen MR) is 130 cm³/mol. The number of benzene rings is 2. The number of carbonyl (C=O) groups is 2. The molecular weight excluding hydrogens is 418 g/mol. The molecule has 1 amide bonds. The zero-order chi connectivity index (χ0) is 24.0. The SMILES string of the molecule is CC=C1c2cc(-c3cccc(CC)c3)ccc2C(O)=C(C(=O)NCC(=O)OCC)N1/N=C\C. The molecule has 0 fully saturated rings. The minimum Gasteiger partial charge on any atom is -0.505 e. The molecule has 1 aliphatic rings. The maximum absolute atomic E-state index is 13.0. The van der Waals surface area contributed by atoms with Crippen molar-refractivity contribution in [3.8, 4) is 11.1 Å². The summed E-state index contributed by atoms with van der Waals surface area (Å²) >= 11 is 0. The second kappa shape index (κ2) is 10.6. The van der Waals surface area contributed by atoms with Crippen LogP contribution in [0.4, 0.5) is 0 Å². The van der Waals surface area contributed by atoms with E-state index in [0.717, 1.165) is 23.1 Å². The fourth-order valence-corrected chi connectivity index (χ4v) is 3.74. The first kappa shape index (κ1) is 23.8. The molecule has 172 valence electrons. The van der Waals surface area contributed by atoms with Gasteiger partial charge in [-0.15, -0.1) is 0 Å². The number of ether oxygens (including phenoxy) is 1. The molecule has 2 N–H and O–H groups in total. The fourth-order valence-electron chi connectivity index (χ4n) is 3.74. The third kappa shape index (κ3) is 4.98. The third-order valence-electron chi connectivity index (χ3n) is 5.30. The van der Waals surface area contributed by atoms with E-state index in [2.05, 4.69) is 29.5 Å². The van der Waals surface area contributed by atoms with E-state index in [-0.39, 0.29) is 24.6 Å². The first-order valence-corrected chi connectivity index (χ1v) is 11.0. The molecule has 0 aromatic heterocycles. The highest BCUT2D eigenvalue weighted by atomic mass is 16.5. The zero-order valence-corrected chi connectivity index (χ0v) is 19.4. The number of hydrogen-bond donors (Lipinski definition) is 2. The van der Waals surface area contributed by atoms with Gasteiger partial charge in [0.25, 0.3) is 5.91 Å². The monoisotopic (exact) mass is 447 g/mol. The number of aryl methyl sites for hydroxylation is 1. The Kier molecular flexibility index (Phi) is 7.66. The maximum atomic E-state index is 13.0. The number of aliphatic hydroxyl groups is 1. The summed E-state index contributed by atoms with van der Waals surface area (Å²) in [4.78, 5) is 24.6. The number of aliphatic hydroxyl groups excluding tert-OH is 1. The number of amides is 1. The minimum atomic E-state index is -0.629. The number of hydrogen-bond acceptors (Lipinski definition) is 6. The number of nitrogens with one attached hydrogen (secondary N) is 1. The number of carbonyl (C=O) groups excluding carboxylic acids is 2. The van der Waals surface area contributed by atoms with Gasteiger partial charge in [0, 0.05) is 17.3 Å². The van der Waals surface area contributed by atoms with Crippen molar-refractivity contribution in [3.63, 3.8) is 0 Å². The first-order chi connectivity index (χ1) is 15.9. The second-order valence-corrected chi connectivity index (χ2v) is 7.36. The van der Waals surface area contributed by atoms with E-state index in [1.807, 2.05) is 37.3 Å². The summed E-state index contributed by atoms with van der Waals surface area (Å²) < 4.78 is 4.86. The number of fused-ring (bicyclic) bond motifs is 1. The fraction of sp³-hybridized carbons (Fsp3) is 0.269. The predicted octanol–water partition coefficient (Wildman–Crippen LogP) is 4.50. The van der Waals surface area contributed by atoms with Crippen molar-refractivity contribution in [2.45, 2.75) is 34.1 Å². The zero-order valence-electron chi connectivity index (χ0n) is 19.4. The molecule has 2 aromatic carbocycles. The van der Waals surface area contributed by atoms with E-state index >= 15 is 0 Å². The van der Waals surface area contributed by atoms with Gasteiger partial charge in [-0.05, 0) is 56.0 Å². The third-order valence-corrected chi connectivity index (χ3v) is 5.30. The lowest BCUT2D eigenvalue weighted by Gasteiger charge is -2.31. The van der Waals surface area contributed by atoms with E-state index in [1.165, 1.54) is 16.8 Å². The quantitative estimate of drug-likeness (QED) is 0.482. The van der Waals surface area contributed by atoms with E-state index in [1.54, 1.807) is 19.9 Å². The molecular formula is C26H29N3O4.